The summed E-state index contributed by atoms with van der Waals surface area (Å²) in [6.07, 6.45) is 0.694. The van der Waals surface area contributed by atoms with Crippen LogP contribution in [0.4, 0.5) is 5.69 Å². The van der Waals surface area contributed by atoms with Crippen LogP contribution in [0.15, 0.2) is 84.0 Å². The molecule has 0 unspecified atom stereocenters. The van der Waals surface area contributed by atoms with Gasteiger partial charge in [0.1, 0.15) is 17.3 Å². The summed E-state index contributed by atoms with van der Waals surface area (Å²) in [5.41, 5.74) is 1.85. The van der Waals surface area contributed by atoms with Gasteiger partial charge in [0.2, 0.25) is 5.91 Å². The van der Waals surface area contributed by atoms with Gasteiger partial charge in [-0.1, -0.05) is 65.8 Å². The van der Waals surface area contributed by atoms with Crippen molar-refractivity contribution in [2.24, 2.45) is 7.05 Å². The second kappa shape index (κ2) is 10.3. The molecule has 0 fully saturated rings. The number of nitrogens with one attached hydrogen (secondary N) is 1. The molecule has 0 aliphatic carbocycles. The highest BCUT2D eigenvalue weighted by molar-refractivity contribution is 7.99. The van der Waals surface area contributed by atoms with Crippen molar-refractivity contribution in [2.75, 3.05) is 11.1 Å². The van der Waals surface area contributed by atoms with Gasteiger partial charge >= 0.3 is 0 Å². The number of nitrogens with zero attached hydrogens (tertiary/aromatic N) is 3. The average molecular weight is 465 g/mol. The molecule has 0 saturated carbocycles. The normalized spacial score (nSPS) is 10.7. The molecule has 0 radical (unpaired) electrons. The van der Waals surface area contributed by atoms with E-state index in [1.165, 1.54) is 17.3 Å². The summed E-state index contributed by atoms with van der Waals surface area (Å²) < 4.78 is 7.69. The van der Waals surface area contributed by atoms with Gasteiger partial charge in [-0.3, -0.25) is 4.79 Å². The number of hydrogen-bond donors (Lipinski definition) is 1. The molecule has 0 aliphatic rings. The Kier molecular flexibility index (Phi) is 7.09. The minimum absolute atomic E-state index is 0.123. The van der Waals surface area contributed by atoms with Crippen LogP contribution >= 0.6 is 23.4 Å². The van der Waals surface area contributed by atoms with E-state index >= 15 is 0 Å². The van der Waals surface area contributed by atoms with Crippen molar-refractivity contribution in [1.29, 1.82) is 0 Å². The number of hydrogen-bond acceptors (Lipinski definition) is 5. The van der Waals surface area contributed by atoms with E-state index < -0.39 is 0 Å². The minimum Gasteiger partial charge on any atom is -0.456 e. The monoisotopic (exact) mass is 464 g/mol. The van der Waals surface area contributed by atoms with E-state index in [9.17, 15) is 4.79 Å². The molecule has 0 aliphatic heterocycles. The van der Waals surface area contributed by atoms with E-state index in [1.54, 1.807) is 36.4 Å². The largest absolute Gasteiger partial charge is 0.456 e. The number of rotatable bonds is 8. The Hall–Kier alpha value is -3.29. The fourth-order valence-electron chi connectivity index (χ4n) is 2.99. The molecular formula is C24H21ClN4O2S. The molecule has 32 heavy (non-hydrogen) atoms. The van der Waals surface area contributed by atoms with Gasteiger partial charge in [-0.15, -0.1) is 10.2 Å². The van der Waals surface area contributed by atoms with Gasteiger partial charge in [0.05, 0.1) is 10.8 Å². The zero-order valence-electron chi connectivity index (χ0n) is 17.4. The van der Waals surface area contributed by atoms with Crippen LogP contribution in [0.2, 0.25) is 5.02 Å². The smallest absolute Gasteiger partial charge is 0.234 e. The molecular weight excluding hydrogens is 444 g/mol. The molecule has 162 valence electrons. The van der Waals surface area contributed by atoms with Crippen LogP contribution in [-0.4, -0.2) is 26.4 Å². The molecule has 3 aromatic carbocycles. The average Bonchev–Trinajstić information content (AvgIpc) is 3.15. The van der Waals surface area contributed by atoms with Gasteiger partial charge in [-0.05, 0) is 42.0 Å². The fraction of sp³-hybridized carbons (Fsp3) is 0.125. The summed E-state index contributed by atoms with van der Waals surface area (Å²) in [4.78, 5) is 12.4. The molecule has 0 atom stereocenters. The van der Waals surface area contributed by atoms with Crippen molar-refractivity contribution in [3.63, 3.8) is 0 Å². The number of para-hydroxylation sites is 1. The molecule has 0 bridgehead atoms. The highest BCUT2D eigenvalue weighted by atomic mass is 35.5. The van der Waals surface area contributed by atoms with Crippen molar-refractivity contribution < 1.29 is 9.53 Å². The Bertz CT molecular complexity index is 1200. The molecule has 1 amide bonds. The summed E-state index contributed by atoms with van der Waals surface area (Å²) >= 11 is 7.47. The lowest BCUT2D eigenvalue weighted by molar-refractivity contribution is -0.113. The SMILES string of the molecule is Cn1c(Cc2ccccc2)nnc1SCC(=O)Nc1ccc(Oc2ccccc2Cl)cc1. The van der Waals surface area contributed by atoms with Gasteiger partial charge in [0.15, 0.2) is 5.16 Å². The van der Waals surface area contributed by atoms with Crippen LogP contribution < -0.4 is 10.1 Å². The lowest BCUT2D eigenvalue weighted by atomic mass is 10.1. The van der Waals surface area contributed by atoms with Crippen molar-refractivity contribution in [3.8, 4) is 11.5 Å². The summed E-state index contributed by atoms with van der Waals surface area (Å²) in [6.45, 7) is 0. The van der Waals surface area contributed by atoms with E-state index in [0.717, 1.165) is 5.82 Å². The lowest BCUT2D eigenvalue weighted by Crippen LogP contribution is -2.14. The van der Waals surface area contributed by atoms with Crippen LogP contribution in [0, 0.1) is 0 Å². The van der Waals surface area contributed by atoms with Crippen LogP contribution in [0.5, 0.6) is 11.5 Å². The Balaban J connectivity index is 1.29. The quantitative estimate of drug-likeness (QED) is 0.344. The maximum atomic E-state index is 12.4. The zero-order valence-corrected chi connectivity index (χ0v) is 18.9. The number of amides is 1. The van der Waals surface area contributed by atoms with E-state index in [2.05, 4.69) is 27.6 Å². The highest BCUT2D eigenvalue weighted by Gasteiger charge is 2.12. The fourth-order valence-corrected chi connectivity index (χ4v) is 3.90. The number of benzene rings is 3. The van der Waals surface area contributed by atoms with Crippen LogP contribution in [-0.2, 0) is 18.3 Å². The predicted molar refractivity (Wildman–Crippen MR) is 128 cm³/mol. The summed E-state index contributed by atoms with van der Waals surface area (Å²) in [5.74, 6) is 2.18. The molecule has 8 heteroatoms. The van der Waals surface area contributed by atoms with E-state index in [4.69, 9.17) is 16.3 Å². The standard InChI is InChI=1S/C24H21ClN4O2S/c1-29-22(15-17-7-3-2-4-8-17)27-28-24(29)32-16-23(30)26-18-11-13-19(14-12-18)31-21-10-6-5-9-20(21)25/h2-14H,15-16H2,1H3,(H,26,30). The van der Waals surface area contributed by atoms with Gasteiger partial charge in [-0.25, -0.2) is 0 Å². The number of thioether (sulfide) groups is 1. The van der Waals surface area contributed by atoms with Crippen LogP contribution in [0.3, 0.4) is 0 Å². The molecule has 0 saturated heterocycles. The maximum absolute atomic E-state index is 12.4. The van der Waals surface area contributed by atoms with Crippen molar-refractivity contribution in [2.45, 2.75) is 11.6 Å². The molecule has 0 spiro atoms. The number of anilines is 1. The van der Waals surface area contributed by atoms with E-state index in [0.29, 0.717) is 33.8 Å². The molecule has 6 nitrogen and oxygen atoms in total. The first kappa shape index (κ1) is 21.9. The maximum Gasteiger partial charge on any atom is 0.234 e. The third-order valence-electron chi connectivity index (χ3n) is 4.67. The number of halogens is 1. The molecule has 1 aromatic heterocycles. The van der Waals surface area contributed by atoms with Crippen molar-refractivity contribution >= 4 is 35.0 Å². The second-order valence-corrected chi connectivity index (χ2v) is 8.36. The summed E-state index contributed by atoms with van der Waals surface area (Å²) in [6, 6.07) is 24.5. The molecule has 1 N–H and O–H groups in total. The topological polar surface area (TPSA) is 69.0 Å². The second-order valence-electron chi connectivity index (χ2n) is 7.01. The minimum atomic E-state index is -0.123. The van der Waals surface area contributed by atoms with Crippen LogP contribution in [0.1, 0.15) is 11.4 Å². The molecule has 4 rings (SSSR count). The van der Waals surface area contributed by atoms with Gasteiger partial charge in [-0.2, -0.15) is 0 Å². The zero-order chi connectivity index (χ0) is 22.3. The molecule has 4 aromatic rings. The van der Waals surface area contributed by atoms with E-state index in [1.807, 2.05) is 41.9 Å². The number of aromatic nitrogens is 3. The number of carbonyl (C=O) groups is 1. The summed E-state index contributed by atoms with van der Waals surface area (Å²) in [7, 11) is 1.91. The van der Waals surface area contributed by atoms with Gasteiger partial charge < -0.3 is 14.6 Å². The Morgan fingerprint density at radius 1 is 1.00 bits per heavy atom. The predicted octanol–water partition coefficient (Wildman–Crippen LogP) is 5.58. The van der Waals surface area contributed by atoms with Crippen molar-refractivity contribution in [3.05, 3.63) is 95.3 Å². The van der Waals surface area contributed by atoms with Crippen LogP contribution in [0.25, 0.3) is 0 Å². The molecule has 1 heterocycles. The lowest BCUT2D eigenvalue weighted by Gasteiger charge is -2.09. The van der Waals surface area contributed by atoms with E-state index in [-0.39, 0.29) is 11.7 Å². The first-order valence-electron chi connectivity index (χ1n) is 9.96. The van der Waals surface area contributed by atoms with Gasteiger partial charge in [0.25, 0.3) is 0 Å². The Labute approximate surface area is 195 Å². The third kappa shape index (κ3) is 5.69. The Morgan fingerprint density at radius 3 is 2.47 bits per heavy atom. The van der Waals surface area contributed by atoms with Crippen molar-refractivity contribution in [1.82, 2.24) is 14.8 Å². The van der Waals surface area contributed by atoms with Gasteiger partial charge in [0, 0.05) is 19.2 Å². The first-order valence-corrected chi connectivity index (χ1v) is 11.3. The third-order valence-corrected chi connectivity index (χ3v) is 6.00. The number of ether oxygens (including phenoxy) is 1. The first-order chi connectivity index (χ1) is 15.6. The number of carbonyl (C=O) groups excluding carboxylic acids is 1. The Morgan fingerprint density at radius 2 is 1.72 bits per heavy atom. The highest BCUT2D eigenvalue weighted by Crippen LogP contribution is 2.29. The summed E-state index contributed by atoms with van der Waals surface area (Å²) in [5, 5.41) is 12.6.